The van der Waals surface area contributed by atoms with Crippen LogP contribution in [0, 0.1) is 0 Å². The van der Waals surface area contributed by atoms with E-state index >= 15 is 0 Å². The molecule has 7 heteroatoms. The van der Waals surface area contributed by atoms with E-state index in [1.54, 1.807) is 22.0 Å². The van der Waals surface area contributed by atoms with Gasteiger partial charge in [-0.1, -0.05) is 19.3 Å². The molecule has 0 aromatic carbocycles. The number of likely N-dealkylation sites (tertiary alicyclic amines) is 1. The molecule has 4 heterocycles. The van der Waals surface area contributed by atoms with Gasteiger partial charge in [-0.15, -0.1) is 0 Å². The van der Waals surface area contributed by atoms with Crippen molar-refractivity contribution in [3.05, 3.63) is 41.5 Å². The lowest BCUT2D eigenvalue weighted by molar-refractivity contribution is -0.126. The quantitative estimate of drug-likeness (QED) is 0.827. The first-order chi connectivity index (χ1) is 12.6. The molecule has 1 amide bonds. The predicted octanol–water partition coefficient (Wildman–Crippen LogP) is 2.14. The van der Waals surface area contributed by atoms with Gasteiger partial charge in [-0.05, 0) is 12.8 Å². The zero-order chi connectivity index (χ0) is 17.7. The number of hydrogen-bond donors (Lipinski definition) is 0. The van der Waals surface area contributed by atoms with E-state index in [0.717, 1.165) is 17.1 Å². The highest BCUT2D eigenvalue weighted by molar-refractivity contribution is 5.93. The first kappa shape index (κ1) is 15.9. The molecule has 136 valence electrons. The first-order valence-corrected chi connectivity index (χ1v) is 9.42. The Hall–Kier alpha value is -2.28. The lowest BCUT2D eigenvalue weighted by atomic mass is 9.86. The maximum absolute atomic E-state index is 12.5. The van der Waals surface area contributed by atoms with Gasteiger partial charge < -0.3 is 14.2 Å². The van der Waals surface area contributed by atoms with Crippen molar-refractivity contribution in [1.29, 1.82) is 0 Å². The molecule has 2 aromatic rings. The number of rotatable bonds is 2. The van der Waals surface area contributed by atoms with Crippen LogP contribution in [0.15, 0.2) is 18.7 Å². The zero-order valence-electron chi connectivity index (χ0n) is 15.0. The van der Waals surface area contributed by atoms with Gasteiger partial charge in [0, 0.05) is 30.9 Å². The van der Waals surface area contributed by atoms with Crippen LogP contribution in [0.25, 0.3) is 0 Å². The predicted molar refractivity (Wildman–Crippen MR) is 93.4 cm³/mol. The van der Waals surface area contributed by atoms with Crippen molar-refractivity contribution < 1.29 is 9.53 Å². The monoisotopic (exact) mass is 353 g/mol. The van der Waals surface area contributed by atoms with Gasteiger partial charge in [0.25, 0.3) is 5.91 Å². The minimum Gasteiger partial charge on any atom is -0.360 e. The van der Waals surface area contributed by atoms with E-state index in [1.807, 2.05) is 13.2 Å². The molecular weight excluding hydrogens is 330 g/mol. The van der Waals surface area contributed by atoms with Crippen LogP contribution in [0.4, 0.5) is 0 Å². The highest BCUT2D eigenvalue weighted by atomic mass is 16.5. The van der Waals surface area contributed by atoms with E-state index < -0.39 is 5.60 Å². The van der Waals surface area contributed by atoms with Gasteiger partial charge in [0.1, 0.15) is 17.1 Å². The van der Waals surface area contributed by atoms with E-state index in [0.29, 0.717) is 31.3 Å². The molecule has 7 nitrogen and oxygen atoms in total. The van der Waals surface area contributed by atoms with Crippen molar-refractivity contribution >= 4 is 5.91 Å². The van der Waals surface area contributed by atoms with Crippen LogP contribution < -0.4 is 0 Å². The van der Waals surface area contributed by atoms with Gasteiger partial charge >= 0.3 is 0 Å². The van der Waals surface area contributed by atoms with Crippen LogP contribution >= 0.6 is 0 Å². The van der Waals surface area contributed by atoms with Crippen molar-refractivity contribution in [3.8, 4) is 0 Å². The summed E-state index contributed by atoms with van der Waals surface area (Å²) in [7, 11) is 1.86. The Labute approximate surface area is 152 Å². The highest BCUT2D eigenvalue weighted by Crippen LogP contribution is 2.43. The van der Waals surface area contributed by atoms with Gasteiger partial charge in [0.2, 0.25) is 0 Å². The number of nitrogens with zero attached hydrogens (tertiary/aromatic N) is 5. The third-order valence-corrected chi connectivity index (χ3v) is 5.94. The van der Waals surface area contributed by atoms with E-state index in [-0.39, 0.29) is 5.91 Å². The molecule has 2 aromatic heterocycles. The van der Waals surface area contributed by atoms with Gasteiger partial charge in [-0.3, -0.25) is 4.79 Å². The number of fused-ring (bicyclic) bond motifs is 2. The Bertz CT molecular complexity index is 849. The second kappa shape index (κ2) is 5.87. The van der Waals surface area contributed by atoms with Crippen molar-refractivity contribution in [2.45, 2.75) is 50.2 Å². The van der Waals surface area contributed by atoms with Crippen molar-refractivity contribution in [3.63, 3.8) is 0 Å². The molecular formula is C19H23N5O2. The number of carbonyl (C=O) groups excluding carboxylic acids is 1. The Morgan fingerprint density at radius 2 is 2.04 bits per heavy atom. The number of imidazole rings is 1. The number of hydrogen-bond acceptors (Lipinski definition) is 5. The summed E-state index contributed by atoms with van der Waals surface area (Å²) in [6.45, 7) is 1.60. The Balaban J connectivity index is 1.32. The number of ether oxygens (including phenoxy) is 1. The minimum absolute atomic E-state index is 0.0481. The largest absolute Gasteiger partial charge is 0.360 e. The van der Waals surface area contributed by atoms with Crippen molar-refractivity contribution in [1.82, 2.24) is 24.4 Å². The third kappa shape index (κ3) is 2.45. The maximum Gasteiger partial charge on any atom is 0.274 e. The number of aromatic nitrogens is 4. The average Bonchev–Trinajstić information content (AvgIpc) is 3.24. The molecule has 5 rings (SSSR count). The molecule has 26 heavy (non-hydrogen) atoms. The second-order valence-corrected chi connectivity index (χ2v) is 7.79. The van der Waals surface area contributed by atoms with Crippen molar-refractivity contribution in [2.75, 3.05) is 13.1 Å². The summed E-state index contributed by atoms with van der Waals surface area (Å²) in [5.74, 6) is 1.42. The standard InChI is InChI=1S/C19H23N5O2/c1-23-8-15(21-12-23)18(25)24-10-19(11-24)14-7-20-17(22-16(14)9-26-19)13-5-3-2-4-6-13/h7-8,12-13H,2-6,9-11H2,1H3. The molecule has 0 unspecified atom stereocenters. The molecule has 1 saturated carbocycles. The van der Waals surface area contributed by atoms with E-state index in [9.17, 15) is 4.79 Å². The highest BCUT2D eigenvalue weighted by Gasteiger charge is 2.53. The van der Waals surface area contributed by atoms with E-state index in [2.05, 4.69) is 9.97 Å². The van der Waals surface area contributed by atoms with Crippen LogP contribution in [0.2, 0.25) is 0 Å². The molecule has 1 aliphatic carbocycles. The van der Waals surface area contributed by atoms with Crippen molar-refractivity contribution in [2.24, 2.45) is 7.05 Å². The SMILES string of the molecule is Cn1cnc(C(=O)N2CC3(C2)OCc2nc(C4CCCCC4)ncc23)c1. The van der Waals surface area contributed by atoms with Gasteiger partial charge in [0.05, 0.1) is 31.7 Å². The van der Waals surface area contributed by atoms with Gasteiger partial charge in [-0.2, -0.15) is 0 Å². The van der Waals surface area contributed by atoms with Crippen LogP contribution in [-0.4, -0.2) is 43.4 Å². The summed E-state index contributed by atoms with van der Waals surface area (Å²) >= 11 is 0. The smallest absolute Gasteiger partial charge is 0.274 e. The molecule has 3 aliphatic rings. The lowest BCUT2D eigenvalue weighted by Crippen LogP contribution is -2.61. The van der Waals surface area contributed by atoms with Crippen LogP contribution in [0.1, 0.15) is 65.6 Å². The lowest BCUT2D eigenvalue weighted by Gasteiger charge is -2.46. The van der Waals surface area contributed by atoms with E-state index in [4.69, 9.17) is 9.72 Å². The Morgan fingerprint density at radius 1 is 1.23 bits per heavy atom. The van der Waals surface area contributed by atoms with Crippen LogP contribution in [0.3, 0.4) is 0 Å². The fourth-order valence-electron chi connectivity index (χ4n) is 4.43. The third-order valence-electron chi connectivity index (χ3n) is 5.94. The molecule has 0 atom stereocenters. The normalized spacial score (nSPS) is 21.7. The molecule has 0 N–H and O–H groups in total. The fourth-order valence-corrected chi connectivity index (χ4v) is 4.43. The van der Waals surface area contributed by atoms with Gasteiger partial charge in [-0.25, -0.2) is 15.0 Å². The second-order valence-electron chi connectivity index (χ2n) is 7.79. The van der Waals surface area contributed by atoms with Crippen LogP contribution in [0.5, 0.6) is 0 Å². The summed E-state index contributed by atoms with van der Waals surface area (Å²) in [5, 5.41) is 0. The average molecular weight is 353 g/mol. The topological polar surface area (TPSA) is 73.1 Å². The molecule has 0 bridgehead atoms. The zero-order valence-corrected chi connectivity index (χ0v) is 15.0. The summed E-state index contributed by atoms with van der Waals surface area (Å²) in [6, 6.07) is 0. The maximum atomic E-state index is 12.5. The summed E-state index contributed by atoms with van der Waals surface area (Å²) < 4.78 is 7.87. The fraction of sp³-hybridized carbons (Fsp3) is 0.579. The Kier molecular flexibility index (Phi) is 3.60. The number of aryl methyl sites for hydroxylation is 1. The molecule has 2 aliphatic heterocycles. The summed E-state index contributed by atoms with van der Waals surface area (Å²) in [5.41, 5.74) is 2.11. The molecule has 0 radical (unpaired) electrons. The summed E-state index contributed by atoms with van der Waals surface area (Å²) in [6.07, 6.45) is 11.6. The van der Waals surface area contributed by atoms with Gasteiger partial charge in [0.15, 0.2) is 0 Å². The number of carbonyl (C=O) groups is 1. The molecule has 2 fully saturated rings. The molecule has 1 spiro atoms. The minimum atomic E-state index is -0.426. The Morgan fingerprint density at radius 3 is 2.77 bits per heavy atom. The summed E-state index contributed by atoms with van der Waals surface area (Å²) in [4.78, 5) is 28.0. The first-order valence-electron chi connectivity index (χ1n) is 9.42. The molecule has 1 saturated heterocycles. The van der Waals surface area contributed by atoms with Crippen LogP contribution in [-0.2, 0) is 24.0 Å². The van der Waals surface area contributed by atoms with E-state index in [1.165, 1.54) is 32.1 Å². The number of amides is 1.